The highest BCUT2D eigenvalue weighted by Gasteiger charge is 2.53. The number of esters is 1. The highest BCUT2D eigenvalue weighted by Crippen LogP contribution is 2.50. The van der Waals surface area contributed by atoms with Crippen LogP contribution in [0.4, 0.5) is 0 Å². The van der Waals surface area contributed by atoms with E-state index in [9.17, 15) is 9.59 Å². The molecule has 1 aliphatic rings. The molecule has 1 fully saturated rings. The summed E-state index contributed by atoms with van der Waals surface area (Å²) >= 11 is 1.45. The summed E-state index contributed by atoms with van der Waals surface area (Å²) in [6.07, 6.45) is 2.49. The standard InChI is InChI=1S/C29H34N2O4S/c1-5-35-27(32)26-21(3)36-25(30-26)19-31(18-15-20(2)22-9-7-6-8-10-22)28(33)29(16-17-29)23-11-13-24(34-4)14-12-23/h6-14,20H,5,15-19H2,1-4H3. The molecule has 1 amide bonds. The summed E-state index contributed by atoms with van der Waals surface area (Å²) in [4.78, 5) is 33.7. The van der Waals surface area contributed by atoms with Gasteiger partial charge in [0.15, 0.2) is 5.69 Å². The van der Waals surface area contributed by atoms with E-state index < -0.39 is 11.4 Å². The summed E-state index contributed by atoms with van der Waals surface area (Å²) in [5, 5.41) is 0.752. The number of ether oxygens (including phenoxy) is 2. The summed E-state index contributed by atoms with van der Waals surface area (Å²) < 4.78 is 10.5. The van der Waals surface area contributed by atoms with E-state index in [0.717, 1.165) is 40.5 Å². The second kappa shape index (κ2) is 11.2. The zero-order valence-corrected chi connectivity index (χ0v) is 22.3. The van der Waals surface area contributed by atoms with E-state index in [4.69, 9.17) is 9.47 Å². The Kier molecular flexibility index (Phi) is 8.09. The van der Waals surface area contributed by atoms with Crippen LogP contribution in [0.25, 0.3) is 0 Å². The molecule has 1 saturated carbocycles. The lowest BCUT2D eigenvalue weighted by Crippen LogP contribution is -2.40. The Bertz CT molecular complexity index is 1190. The number of hydrogen-bond donors (Lipinski definition) is 0. The van der Waals surface area contributed by atoms with Gasteiger partial charge in [-0.15, -0.1) is 11.3 Å². The lowest BCUT2D eigenvalue weighted by Gasteiger charge is -2.28. The third kappa shape index (κ3) is 5.62. The molecular formula is C29H34N2O4S. The number of carbonyl (C=O) groups excluding carboxylic acids is 2. The first-order chi connectivity index (χ1) is 17.4. The number of amides is 1. The number of carbonyl (C=O) groups is 2. The second-order valence-corrected chi connectivity index (χ2v) is 10.7. The van der Waals surface area contributed by atoms with Gasteiger partial charge in [0.2, 0.25) is 5.91 Å². The van der Waals surface area contributed by atoms with Crippen LogP contribution < -0.4 is 4.74 Å². The SMILES string of the molecule is CCOC(=O)c1nc(CN(CCC(C)c2ccccc2)C(=O)C2(c3ccc(OC)cc3)CC2)sc1C. The molecule has 4 rings (SSSR count). The van der Waals surface area contributed by atoms with Gasteiger partial charge in [-0.25, -0.2) is 9.78 Å². The third-order valence-corrected chi connectivity index (χ3v) is 7.88. The minimum atomic E-state index is -0.501. The van der Waals surface area contributed by atoms with Crippen molar-refractivity contribution in [3.63, 3.8) is 0 Å². The molecule has 0 radical (unpaired) electrons. The Balaban J connectivity index is 1.57. The Morgan fingerprint density at radius 3 is 2.42 bits per heavy atom. The Hall–Kier alpha value is -3.19. The molecular weight excluding hydrogens is 472 g/mol. The van der Waals surface area contributed by atoms with Crippen molar-refractivity contribution in [1.82, 2.24) is 9.88 Å². The molecule has 1 aliphatic carbocycles. The Morgan fingerprint density at radius 2 is 1.81 bits per heavy atom. The van der Waals surface area contributed by atoms with Crippen molar-refractivity contribution in [3.8, 4) is 5.75 Å². The predicted molar refractivity (Wildman–Crippen MR) is 142 cm³/mol. The maximum Gasteiger partial charge on any atom is 0.358 e. The zero-order valence-electron chi connectivity index (χ0n) is 21.5. The van der Waals surface area contributed by atoms with Crippen molar-refractivity contribution in [2.24, 2.45) is 0 Å². The molecule has 190 valence electrons. The topological polar surface area (TPSA) is 68.7 Å². The molecule has 36 heavy (non-hydrogen) atoms. The van der Waals surface area contributed by atoms with Crippen LogP contribution in [0.2, 0.25) is 0 Å². The number of aromatic nitrogens is 1. The van der Waals surface area contributed by atoms with Gasteiger partial charge in [-0.05, 0) is 62.3 Å². The van der Waals surface area contributed by atoms with E-state index in [-0.39, 0.29) is 5.91 Å². The lowest BCUT2D eigenvalue weighted by molar-refractivity contribution is -0.134. The maximum absolute atomic E-state index is 14.0. The monoisotopic (exact) mass is 506 g/mol. The van der Waals surface area contributed by atoms with Crippen LogP contribution in [0.1, 0.15) is 70.5 Å². The summed E-state index contributed by atoms with van der Waals surface area (Å²) in [6, 6.07) is 18.2. The quantitative estimate of drug-likeness (QED) is 0.303. The van der Waals surface area contributed by atoms with Crippen molar-refractivity contribution >= 4 is 23.2 Å². The van der Waals surface area contributed by atoms with E-state index in [1.807, 2.05) is 54.3 Å². The molecule has 0 spiro atoms. The number of rotatable bonds is 11. The number of benzene rings is 2. The van der Waals surface area contributed by atoms with Crippen LogP contribution in [-0.4, -0.2) is 42.0 Å². The van der Waals surface area contributed by atoms with Gasteiger partial charge in [-0.1, -0.05) is 49.4 Å². The summed E-state index contributed by atoms with van der Waals surface area (Å²) in [6.45, 7) is 7.14. The van der Waals surface area contributed by atoms with Crippen LogP contribution >= 0.6 is 11.3 Å². The van der Waals surface area contributed by atoms with Gasteiger partial charge in [0, 0.05) is 11.4 Å². The average Bonchev–Trinajstić information content (AvgIpc) is 3.63. The molecule has 1 aromatic heterocycles. The first-order valence-electron chi connectivity index (χ1n) is 12.5. The predicted octanol–water partition coefficient (Wildman–Crippen LogP) is 5.89. The second-order valence-electron chi connectivity index (χ2n) is 9.37. The van der Waals surface area contributed by atoms with Gasteiger partial charge in [-0.3, -0.25) is 4.79 Å². The fourth-order valence-electron chi connectivity index (χ4n) is 4.58. The largest absolute Gasteiger partial charge is 0.497 e. The molecule has 2 aromatic carbocycles. The van der Waals surface area contributed by atoms with Crippen molar-refractivity contribution in [2.75, 3.05) is 20.3 Å². The van der Waals surface area contributed by atoms with E-state index in [2.05, 4.69) is 24.0 Å². The minimum Gasteiger partial charge on any atom is -0.497 e. The molecule has 1 unspecified atom stereocenters. The molecule has 6 nitrogen and oxygen atoms in total. The van der Waals surface area contributed by atoms with Crippen molar-refractivity contribution < 1.29 is 19.1 Å². The molecule has 0 N–H and O–H groups in total. The van der Waals surface area contributed by atoms with Crippen LogP contribution in [0, 0.1) is 6.92 Å². The molecule has 1 atom stereocenters. The number of nitrogens with zero attached hydrogens (tertiary/aromatic N) is 2. The van der Waals surface area contributed by atoms with Crippen LogP contribution in [0.5, 0.6) is 5.75 Å². The van der Waals surface area contributed by atoms with E-state index in [1.54, 1.807) is 14.0 Å². The number of hydrogen-bond acceptors (Lipinski definition) is 6. The van der Waals surface area contributed by atoms with Gasteiger partial charge >= 0.3 is 5.97 Å². The van der Waals surface area contributed by atoms with Crippen LogP contribution in [-0.2, 0) is 21.5 Å². The van der Waals surface area contributed by atoms with Crippen molar-refractivity contribution in [3.05, 3.63) is 81.3 Å². The minimum absolute atomic E-state index is 0.124. The van der Waals surface area contributed by atoms with E-state index in [0.29, 0.717) is 31.3 Å². The Morgan fingerprint density at radius 1 is 1.11 bits per heavy atom. The number of methoxy groups -OCH3 is 1. The van der Waals surface area contributed by atoms with Gasteiger partial charge in [0.25, 0.3) is 0 Å². The fraction of sp³-hybridized carbons (Fsp3) is 0.414. The Labute approximate surface area is 217 Å². The smallest absolute Gasteiger partial charge is 0.358 e. The first kappa shape index (κ1) is 25.9. The van der Waals surface area contributed by atoms with E-state index >= 15 is 0 Å². The average molecular weight is 507 g/mol. The normalized spacial score (nSPS) is 14.7. The highest BCUT2D eigenvalue weighted by atomic mass is 32.1. The van der Waals surface area contributed by atoms with Crippen molar-refractivity contribution in [2.45, 2.75) is 57.9 Å². The first-order valence-corrected chi connectivity index (χ1v) is 13.3. The molecule has 0 bridgehead atoms. The third-order valence-electron chi connectivity index (χ3n) is 6.93. The van der Waals surface area contributed by atoms with Crippen LogP contribution in [0.3, 0.4) is 0 Å². The van der Waals surface area contributed by atoms with Gasteiger partial charge in [0.1, 0.15) is 10.8 Å². The van der Waals surface area contributed by atoms with Gasteiger partial charge in [0.05, 0.1) is 25.7 Å². The lowest BCUT2D eigenvalue weighted by atomic mass is 9.93. The van der Waals surface area contributed by atoms with E-state index in [1.165, 1.54) is 16.9 Å². The summed E-state index contributed by atoms with van der Waals surface area (Å²) in [7, 11) is 1.64. The van der Waals surface area contributed by atoms with Gasteiger partial charge < -0.3 is 14.4 Å². The highest BCUT2D eigenvalue weighted by molar-refractivity contribution is 7.11. The molecule has 0 aliphatic heterocycles. The molecule has 3 aromatic rings. The number of thiazole rings is 1. The van der Waals surface area contributed by atoms with Crippen LogP contribution in [0.15, 0.2) is 54.6 Å². The zero-order chi connectivity index (χ0) is 25.7. The molecule has 1 heterocycles. The molecule has 7 heteroatoms. The van der Waals surface area contributed by atoms with Gasteiger partial charge in [-0.2, -0.15) is 0 Å². The fourth-order valence-corrected chi connectivity index (χ4v) is 5.52. The number of aryl methyl sites for hydroxylation is 1. The van der Waals surface area contributed by atoms with Crippen molar-refractivity contribution in [1.29, 1.82) is 0 Å². The summed E-state index contributed by atoms with van der Waals surface area (Å²) in [5.74, 6) is 0.800. The molecule has 0 saturated heterocycles. The summed E-state index contributed by atoms with van der Waals surface area (Å²) in [5.41, 5.74) is 2.13. The maximum atomic E-state index is 14.0.